The second-order valence-electron chi connectivity index (χ2n) is 4.73. The minimum atomic E-state index is -1.53. The predicted octanol–water partition coefficient (Wildman–Crippen LogP) is -16.7. The maximum atomic E-state index is 10.0. The standard InChI is InChI=1S/2C5H4N2O4.C4H6O4.2Er.10H2O/c2*8-4(9)2-1-3(5(10)11)7-6-2;5-3(6)1-2-4(7)8;;;;;;;;;;;;/h2*1H,(H,6,7)(H,8,9)(H,10,11);1-2H2,(H,5,6)(H,7,8);;;10*1H2/q;;;2*+3;;;;;;;;;;/p-6. The van der Waals surface area contributed by atoms with Gasteiger partial charge in [0.15, 0.2) is 0 Å². The molecule has 0 amide bonds. The fourth-order valence-electron chi connectivity index (χ4n) is 1.27. The Morgan fingerprint density at radius 3 is 0.786 bits per heavy atom. The number of carboxylic acids is 6. The Balaban J connectivity index is -0.0000000241. The number of nitrogens with one attached hydrogen (secondary N) is 2. The van der Waals surface area contributed by atoms with Gasteiger partial charge in [0.1, 0.15) is 11.4 Å². The molecule has 260 valence electrons. The fourth-order valence-corrected chi connectivity index (χ4v) is 1.27. The van der Waals surface area contributed by atoms with Crippen molar-refractivity contribution in [3.8, 4) is 0 Å². The minimum absolute atomic E-state index is 0. The Morgan fingerprint density at radius 2 is 0.690 bits per heavy atom. The molecule has 0 saturated heterocycles. The van der Waals surface area contributed by atoms with Gasteiger partial charge in [-0.2, -0.15) is 10.2 Å². The zero-order chi connectivity index (χ0) is 23.4. The van der Waals surface area contributed by atoms with E-state index in [1.807, 2.05) is 10.2 Å². The Hall–Kier alpha value is -2.67. The Kier molecular flexibility index (Phi) is 84.9. The first-order valence-electron chi connectivity index (χ1n) is 7.21. The van der Waals surface area contributed by atoms with Crippen LogP contribution < -0.4 is 30.6 Å². The van der Waals surface area contributed by atoms with E-state index in [-0.39, 0.29) is 141 Å². The number of aromatic carboxylic acids is 4. The normalized spacial score (nSPS) is 6.57. The predicted molar refractivity (Wildman–Crippen MR) is 110 cm³/mol. The van der Waals surface area contributed by atoms with Crippen molar-refractivity contribution < 1.29 is 189 Å². The van der Waals surface area contributed by atoms with Gasteiger partial charge in [-0.05, 0) is 25.0 Å². The molecule has 0 aliphatic heterocycles. The first-order valence-corrected chi connectivity index (χ1v) is 7.21. The third-order valence-corrected chi connectivity index (χ3v) is 2.55. The van der Waals surface area contributed by atoms with Gasteiger partial charge in [0.2, 0.25) is 0 Å². The number of rotatable bonds is 7. The van der Waals surface area contributed by atoms with Crippen LogP contribution in [0.25, 0.3) is 0 Å². The second kappa shape index (κ2) is 42.8. The summed E-state index contributed by atoms with van der Waals surface area (Å²) in [5.41, 5.74) is -1.68. The van der Waals surface area contributed by atoms with Crippen LogP contribution in [0.15, 0.2) is 12.1 Å². The molecule has 0 atom stereocenters. The largest absolute Gasteiger partial charge is 3.00 e. The van der Waals surface area contributed by atoms with Crippen LogP contribution in [0.1, 0.15) is 54.8 Å². The zero-order valence-electron chi connectivity index (χ0n) is 19.9. The summed E-state index contributed by atoms with van der Waals surface area (Å²) in [5, 5.41) is 69.3. The van der Waals surface area contributed by atoms with Crippen molar-refractivity contribution in [2.45, 2.75) is 12.8 Å². The summed E-state index contributed by atoms with van der Waals surface area (Å²) in [6.07, 6.45) is -0.940. The fraction of sp³-hybridized carbons (Fsp3) is 0.143. The van der Waals surface area contributed by atoms with Crippen molar-refractivity contribution in [1.82, 2.24) is 20.4 Å². The molecule has 26 nitrogen and oxygen atoms in total. The molecule has 0 bridgehead atoms. The molecule has 22 N–H and O–H groups in total. The molecule has 0 aliphatic rings. The van der Waals surface area contributed by atoms with E-state index in [1.165, 1.54) is 0 Å². The third kappa shape index (κ3) is 37.3. The van der Waals surface area contributed by atoms with Crippen LogP contribution >= 0.6 is 0 Å². The van der Waals surface area contributed by atoms with Crippen LogP contribution in [-0.2, 0) is 9.59 Å². The topological polar surface area (TPSA) is 613 Å². The summed E-state index contributed by atoms with van der Waals surface area (Å²) >= 11 is 0. The van der Waals surface area contributed by atoms with Crippen LogP contribution in [0.2, 0.25) is 0 Å². The van der Waals surface area contributed by atoms with Gasteiger partial charge in [0, 0.05) is 11.9 Å². The minimum Gasteiger partial charge on any atom is -0.550 e. The average Bonchev–Trinajstić information content (AvgIpc) is 3.31. The molecular formula is C14H28Er2N4O22. The van der Waals surface area contributed by atoms with Crippen LogP contribution in [0, 0.1) is 74.6 Å². The Bertz CT molecular complexity index is 833. The first kappa shape index (κ1) is 83.3. The molecule has 2 heterocycles. The van der Waals surface area contributed by atoms with E-state index in [2.05, 4.69) is 10.2 Å². The Morgan fingerprint density at radius 1 is 0.476 bits per heavy atom. The molecule has 28 heteroatoms. The van der Waals surface area contributed by atoms with Gasteiger partial charge in [-0.1, -0.05) is 0 Å². The van der Waals surface area contributed by atoms with Crippen molar-refractivity contribution in [2.24, 2.45) is 0 Å². The number of aromatic nitrogens is 4. The molecule has 0 aromatic carbocycles. The summed E-state index contributed by atoms with van der Waals surface area (Å²) in [6, 6.07) is 1.65. The summed E-state index contributed by atoms with van der Waals surface area (Å²) in [6.45, 7) is 0. The molecule has 2 aromatic heterocycles. The van der Waals surface area contributed by atoms with Crippen molar-refractivity contribution in [3.63, 3.8) is 0 Å². The molecule has 0 aliphatic carbocycles. The van der Waals surface area contributed by atoms with E-state index in [1.54, 1.807) is 0 Å². The van der Waals surface area contributed by atoms with Gasteiger partial charge < -0.3 is 114 Å². The van der Waals surface area contributed by atoms with Crippen LogP contribution in [0.3, 0.4) is 0 Å². The molecular weight excluding hydrogens is 911 g/mol. The smallest absolute Gasteiger partial charge is 0.550 e. The monoisotopic (exact) mass is 936 g/mol. The number of carbonyl (C=O) groups is 6. The Labute approximate surface area is 290 Å². The quantitative estimate of drug-likeness (QED) is 0.261. The van der Waals surface area contributed by atoms with Crippen molar-refractivity contribution in [1.29, 1.82) is 0 Å². The number of aliphatic carboxylic acids is 2. The zero-order valence-corrected chi connectivity index (χ0v) is 23.6. The molecule has 0 fully saturated rings. The van der Waals surface area contributed by atoms with E-state index >= 15 is 0 Å². The number of H-pyrrole nitrogens is 2. The number of carboxylic acid groups (broad SMARTS) is 6. The van der Waals surface area contributed by atoms with Gasteiger partial charge in [-0.25, -0.2) is 0 Å². The van der Waals surface area contributed by atoms with Gasteiger partial charge >= 0.3 is 74.6 Å². The molecule has 2 radical (unpaired) electrons. The summed E-state index contributed by atoms with van der Waals surface area (Å²) in [5.74, 6) is -8.82. The maximum Gasteiger partial charge on any atom is 3.00 e. The van der Waals surface area contributed by atoms with E-state index in [9.17, 15) is 59.4 Å². The molecule has 0 spiro atoms. The molecule has 42 heavy (non-hydrogen) atoms. The van der Waals surface area contributed by atoms with Gasteiger partial charge in [-0.3, -0.25) is 10.2 Å². The summed E-state index contributed by atoms with van der Waals surface area (Å²) in [4.78, 5) is 59.1. The van der Waals surface area contributed by atoms with Crippen LogP contribution in [0.4, 0.5) is 0 Å². The van der Waals surface area contributed by atoms with E-state index in [0.717, 1.165) is 12.1 Å². The molecule has 2 aromatic rings. The second-order valence-corrected chi connectivity index (χ2v) is 4.73. The summed E-state index contributed by atoms with van der Waals surface area (Å²) < 4.78 is 0. The third-order valence-electron chi connectivity index (χ3n) is 2.55. The number of hydrogen-bond acceptors (Lipinski definition) is 14. The molecule has 0 saturated carbocycles. The van der Waals surface area contributed by atoms with Gasteiger partial charge in [-0.15, -0.1) is 0 Å². The van der Waals surface area contributed by atoms with Crippen LogP contribution in [-0.4, -0.2) is 111 Å². The number of hydrogen-bond donors (Lipinski definition) is 2. The van der Waals surface area contributed by atoms with E-state index < -0.39 is 60.0 Å². The number of carbonyl (C=O) groups excluding carboxylic acids is 6. The SMILES string of the molecule is O.O.O.O.O.O.O.O.O.O.O=C([O-])CCC(=O)[O-].O=C([O-])c1cc(C(=O)[O-])[nH]n1.O=C([O-])c1cc(C(=O)[O-])[nH]n1.[Er+3].[Er+3]. The van der Waals surface area contributed by atoms with Crippen molar-refractivity contribution in [3.05, 3.63) is 34.9 Å². The van der Waals surface area contributed by atoms with Gasteiger partial charge in [0.05, 0.1) is 35.3 Å². The summed E-state index contributed by atoms with van der Waals surface area (Å²) in [7, 11) is 0. The average molecular weight is 939 g/mol. The van der Waals surface area contributed by atoms with Gasteiger partial charge in [0.25, 0.3) is 0 Å². The van der Waals surface area contributed by atoms with E-state index in [0.29, 0.717) is 0 Å². The van der Waals surface area contributed by atoms with E-state index in [4.69, 9.17) is 0 Å². The van der Waals surface area contributed by atoms with Crippen molar-refractivity contribution >= 4 is 35.8 Å². The molecule has 2 rings (SSSR count). The first-order chi connectivity index (χ1) is 13.8. The number of aromatic amines is 2. The molecule has 0 unspecified atom stereocenters. The number of nitrogens with zero attached hydrogens (tertiary/aromatic N) is 2. The maximum absolute atomic E-state index is 10.0. The van der Waals surface area contributed by atoms with Crippen molar-refractivity contribution in [2.75, 3.05) is 0 Å². The van der Waals surface area contributed by atoms with Crippen LogP contribution in [0.5, 0.6) is 0 Å².